The summed E-state index contributed by atoms with van der Waals surface area (Å²) < 4.78 is 1.53. The summed E-state index contributed by atoms with van der Waals surface area (Å²) in [6.45, 7) is 0. The highest BCUT2D eigenvalue weighted by molar-refractivity contribution is 6.18. The number of alkyl halides is 1. The summed E-state index contributed by atoms with van der Waals surface area (Å²) in [6, 6.07) is 0. The third-order valence-corrected chi connectivity index (χ3v) is 3.98. The van der Waals surface area contributed by atoms with Crippen LogP contribution < -0.4 is 10.9 Å². The third-order valence-electron chi connectivity index (χ3n) is 3.47. The van der Waals surface area contributed by atoms with E-state index in [2.05, 4.69) is 10.3 Å². The zero-order valence-electron chi connectivity index (χ0n) is 10.1. The number of nitrogens with zero attached hydrogens (tertiary/aromatic N) is 2. The van der Waals surface area contributed by atoms with E-state index in [1.54, 1.807) is 19.4 Å². The van der Waals surface area contributed by atoms with E-state index in [0.29, 0.717) is 11.7 Å². The van der Waals surface area contributed by atoms with Gasteiger partial charge in [0.25, 0.3) is 5.56 Å². The fourth-order valence-electron chi connectivity index (χ4n) is 2.36. The van der Waals surface area contributed by atoms with Crippen LogP contribution in [0.3, 0.4) is 0 Å². The van der Waals surface area contributed by atoms with Crippen LogP contribution in [-0.4, -0.2) is 21.0 Å². The van der Waals surface area contributed by atoms with Gasteiger partial charge in [-0.1, -0.05) is 19.3 Å². The second-order valence-corrected chi connectivity index (χ2v) is 5.06. The molecule has 1 aromatic heterocycles. The Balaban J connectivity index is 2.23. The first-order chi connectivity index (χ1) is 8.17. The highest BCUT2D eigenvalue weighted by Gasteiger charge is 2.32. The van der Waals surface area contributed by atoms with Crippen LogP contribution in [0.5, 0.6) is 0 Å². The lowest BCUT2D eigenvalue weighted by Gasteiger charge is -2.36. The van der Waals surface area contributed by atoms with Gasteiger partial charge in [0, 0.05) is 25.3 Å². The minimum Gasteiger partial charge on any atom is -0.359 e. The Kier molecular flexibility index (Phi) is 3.72. The molecule has 17 heavy (non-hydrogen) atoms. The molecule has 4 nitrogen and oxygen atoms in total. The van der Waals surface area contributed by atoms with E-state index < -0.39 is 0 Å². The Bertz CT molecular complexity index is 438. The van der Waals surface area contributed by atoms with E-state index in [1.807, 2.05) is 0 Å². The Morgan fingerprint density at radius 3 is 2.82 bits per heavy atom. The first-order valence-electron chi connectivity index (χ1n) is 6.03. The second kappa shape index (κ2) is 5.08. The number of hydrogen-bond donors (Lipinski definition) is 1. The number of rotatable bonds is 3. The molecular weight excluding hydrogens is 238 g/mol. The molecule has 0 atom stereocenters. The number of halogens is 1. The average molecular weight is 256 g/mol. The zero-order valence-corrected chi connectivity index (χ0v) is 10.8. The predicted octanol–water partition coefficient (Wildman–Crippen LogP) is 2.13. The number of nitrogens with one attached hydrogen (secondary N) is 1. The molecule has 1 aliphatic rings. The monoisotopic (exact) mass is 255 g/mol. The molecule has 0 radical (unpaired) electrons. The molecule has 1 heterocycles. The maximum atomic E-state index is 11.9. The molecule has 0 spiro atoms. The fourth-order valence-corrected chi connectivity index (χ4v) is 2.69. The van der Waals surface area contributed by atoms with Crippen molar-refractivity contribution in [2.75, 3.05) is 11.2 Å². The Morgan fingerprint density at radius 1 is 1.47 bits per heavy atom. The van der Waals surface area contributed by atoms with Crippen molar-refractivity contribution in [2.45, 2.75) is 37.6 Å². The maximum absolute atomic E-state index is 11.9. The van der Waals surface area contributed by atoms with Gasteiger partial charge in [-0.15, -0.1) is 11.6 Å². The van der Waals surface area contributed by atoms with Crippen LogP contribution >= 0.6 is 11.6 Å². The second-order valence-electron chi connectivity index (χ2n) is 4.79. The first-order valence-corrected chi connectivity index (χ1v) is 6.56. The normalized spacial score (nSPS) is 18.9. The van der Waals surface area contributed by atoms with Gasteiger partial charge in [-0.25, -0.2) is 4.98 Å². The standard InChI is InChI=1S/C12H18ClN3O/c1-16-8-7-14-10(11(16)17)15-12(9-13)5-3-2-4-6-12/h7-8H,2-6,9H2,1H3,(H,14,15). The summed E-state index contributed by atoms with van der Waals surface area (Å²) in [5.74, 6) is 0.935. The van der Waals surface area contributed by atoms with Crippen molar-refractivity contribution in [3.63, 3.8) is 0 Å². The van der Waals surface area contributed by atoms with Crippen LogP contribution in [0.25, 0.3) is 0 Å². The summed E-state index contributed by atoms with van der Waals surface area (Å²) in [5.41, 5.74) is -0.247. The highest BCUT2D eigenvalue weighted by atomic mass is 35.5. The largest absolute Gasteiger partial charge is 0.359 e. The summed E-state index contributed by atoms with van der Waals surface area (Å²) in [6.07, 6.45) is 8.88. The van der Waals surface area contributed by atoms with Gasteiger partial charge < -0.3 is 9.88 Å². The van der Waals surface area contributed by atoms with Gasteiger partial charge in [-0.3, -0.25) is 4.79 Å². The van der Waals surface area contributed by atoms with Crippen molar-refractivity contribution < 1.29 is 0 Å². The van der Waals surface area contributed by atoms with E-state index in [-0.39, 0.29) is 11.1 Å². The van der Waals surface area contributed by atoms with Gasteiger partial charge in [0.05, 0.1) is 5.54 Å². The molecule has 0 saturated heterocycles. The molecule has 0 amide bonds. The van der Waals surface area contributed by atoms with Crippen molar-refractivity contribution in [3.8, 4) is 0 Å². The zero-order chi connectivity index (χ0) is 12.3. The van der Waals surface area contributed by atoms with Crippen molar-refractivity contribution >= 4 is 17.4 Å². The first kappa shape index (κ1) is 12.4. The van der Waals surface area contributed by atoms with Gasteiger partial charge in [0.15, 0.2) is 5.82 Å². The van der Waals surface area contributed by atoms with Crippen molar-refractivity contribution in [2.24, 2.45) is 7.05 Å². The van der Waals surface area contributed by atoms with Crippen LogP contribution in [0.4, 0.5) is 5.82 Å². The van der Waals surface area contributed by atoms with Crippen LogP contribution in [-0.2, 0) is 7.05 Å². The van der Waals surface area contributed by atoms with Crippen molar-refractivity contribution in [3.05, 3.63) is 22.7 Å². The molecule has 0 unspecified atom stereocenters. The third kappa shape index (κ3) is 2.63. The number of hydrogen-bond acceptors (Lipinski definition) is 3. The van der Waals surface area contributed by atoms with Crippen LogP contribution in [0.1, 0.15) is 32.1 Å². The molecule has 1 fully saturated rings. The number of anilines is 1. The summed E-state index contributed by atoms with van der Waals surface area (Å²) in [5, 5.41) is 3.28. The van der Waals surface area contributed by atoms with Crippen LogP contribution in [0.2, 0.25) is 0 Å². The SMILES string of the molecule is Cn1ccnc(NC2(CCl)CCCCC2)c1=O. The van der Waals surface area contributed by atoms with Crippen molar-refractivity contribution in [1.82, 2.24) is 9.55 Å². The molecule has 0 aliphatic heterocycles. The molecule has 0 bridgehead atoms. The molecule has 2 rings (SSSR count). The smallest absolute Gasteiger partial charge is 0.293 e. The Labute approximate surface area is 106 Å². The molecule has 1 aliphatic carbocycles. The quantitative estimate of drug-likeness (QED) is 0.842. The van der Waals surface area contributed by atoms with E-state index in [0.717, 1.165) is 25.7 Å². The lowest BCUT2D eigenvalue weighted by Crippen LogP contribution is -2.44. The lowest BCUT2D eigenvalue weighted by atomic mass is 9.83. The van der Waals surface area contributed by atoms with Crippen LogP contribution in [0.15, 0.2) is 17.2 Å². The molecule has 1 saturated carbocycles. The molecule has 1 aromatic rings. The summed E-state index contributed by atoms with van der Waals surface area (Å²) in [4.78, 5) is 16.0. The molecule has 1 N–H and O–H groups in total. The molecular formula is C12H18ClN3O. The number of aromatic nitrogens is 2. The molecule has 5 heteroatoms. The van der Waals surface area contributed by atoms with E-state index >= 15 is 0 Å². The minimum absolute atomic E-state index is 0.0948. The molecule has 94 valence electrons. The lowest BCUT2D eigenvalue weighted by molar-refractivity contribution is 0.352. The number of aryl methyl sites for hydroxylation is 1. The van der Waals surface area contributed by atoms with Crippen molar-refractivity contribution in [1.29, 1.82) is 0 Å². The van der Waals surface area contributed by atoms with E-state index in [9.17, 15) is 4.79 Å². The minimum atomic E-state index is -0.152. The Morgan fingerprint density at radius 2 is 2.18 bits per heavy atom. The summed E-state index contributed by atoms with van der Waals surface area (Å²) >= 11 is 6.08. The van der Waals surface area contributed by atoms with Gasteiger partial charge >= 0.3 is 0 Å². The fraction of sp³-hybridized carbons (Fsp3) is 0.667. The Hall–Kier alpha value is -1.03. The van der Waals surface area contributed by atoms with Gasteiger partial charge in [0.1, 0.15) is 0 Å². The average Bonchev–Trinajstić information content (AvgIpc) is 2.36. The maximum Gasteiger partial charge on any atom is 0.293 e. The van der Waals surface area contributed by atoms with Crippen LogP contribution in [0, 0.1) is 0 Å². The van der Waals surface area contributed by atoms with E-state index in [1.165, 1.54) is 11.0 Å². The summed E-state index contributed by atoms with van der Waals surface area (Å²) in [7, 11) is 1.73. The topological polar surface area (TPSA) is 46.9 Å². The van der Waals surface area contributed by atoms with Gasteiger partial charge in [-0.2, -0.15) is 0 Å². The van der Waals surface area contributed by atoms with E-state index in [4.69, 9.17) is 11.6 Å². The highest BCUT2D eigenvalue weighted by Crippen LogP contribution is 2.31. The van der Waals surface area contributed by atoms with Gasteiger partial charge in [-0.05, 0) is 12.8 Å². The predicted molar refractivity (Wildman–Crippen MR) is 69.6 cm³/mol. The molecule has 0 aromatic carbocycles. The van der Waals surface area contributed by atoms with Gasteiger partial charge in [0.2, 0.25) is 0 Å².